The summed E-state index contributed by atoms with van der Waals surface area (Å²) in [4.78, 5) is 8.69. The van der Waals surface area contributed by atoms with E-state index in [2.05, 4.69) is 9.97 Å². The van der Waals surface area contributed by atoms with Crippen LogP contribution in [0.4, 0.5) is 13.2 Å². The summed E-state index contributed by atoms with van der Waals surface area (Å²) in [7, 11) is 0. The van der Waals surface area contributed by atoms with E-state index in [0.717, 1.165) is 42.7 Å². The van der Waals surface area contributed by atoms with E-state index in [1.165, 1.54) is 12.1 Å². The van der Waals surface area contributed by atoms with Crippen molar-refractivity contribution in [3.63, 3.8) is 0 Å². The van der Waals surface area contributed by atoms with Crippen molar-refractivity contribution in [2.75, 3.05) is 0 Å². The third-order valence-electron chi connectivity index (χ3n) is 3.70. The van der Waals surface area contributed by atoms with Gasteiger partial charge in [0.25, 0.3) is 0 Å². The van der Waals surface area contributed by atoms with E-state index in [9.17, 15) is 13.2 Å². The van der Waals surface area contributed by atoms with Crippen LogP contribution in [-0.2, 0) is 12.6 Å². The summed E-state index contributed by atoms with van der Waals surface area (Å²) in [5.41, 5.74) is 7.74. The summed E-state index contributed by atoms with van der Waals surface area (Å²) in [6, 6.07) is 4.84. The molecule has 1 unspecified atom stereocenters. The van der Waals surface area contributed by atoms with Gasteiger partial charge >= 0.3 is 6.18 Å². The molecule has 1 atom stereocenters. The standard InChI is InChI=1S/C15H14F3N3/c16-15(17,18)10-6-4-9(5-7-10)14-20-8-11-12(19)2-1-3-13(11)21-14/h4-8,12H,1-3,19H2. The normalized spacial score (nSPS) is 18.4. The van der Waals surface area contributed by atoms with Crippen LogP contribution in [0.5, 0.6) is 0 Å². The minimum atomic E-state index is -4.33. The summed E-state index contributed by atoms with van der Waals surface area (Å²) in [6.07, 6.45) is 0.0774. The number of nitrogens with two attached hydrogens (primary N) is 1. The van der Waals surface area contributed by atoms with Crippen molar-refractivity contribution in [1.82, 2.24) is 9.97 Å². The fourth-order valence-corrected chi connectivity index (χ4v) is 2.53. The smallest absolute Gasteiger partial charge is 0.324 e. The minimum absolute atomic E-state index is 0.0459. The predicted molar refractivity (Wildman–Crippen MR) is 72.3 cm³/mol. The van der Waals surface area contributed by atoms with Crippen LogP contribution in [0.3, 0.4) is 0 Å². The van der Waals surface area contributed by atoms with Gasteiger partial charge in [-0.05, 0) is 31.4 Å². The summed E-state index contributed by atoms with van der Waals surface area (Å²) in [5, 5.41) is 0. The average Bonchev–Trinajstić information content (AvgIpc) is 2.46. The van der Waals surface area contributed by atoms with Crippen molar-refractivity contribution in [2.45, 2.75) is 31.5 Å². The maximum absolute atomic E-state index is 12.5. The van der Waals surface area contributed by atoms with Crippen LogP contribution in [0.1, 0.15) is 35.7 Å². The topological polar surface area (TPSA) is 51.8 Å². The molecular weight excluding hydrogens is 279 g/mol. The molecule has 2 aromatic rings. The van der Waals surface area contributed by atoms with Crippen molar-refractivity contribution in [1.29, 1.82) is 0 Å². The molecule has 0 fully saturated rings. The van der Waals surface area contributed by atoms with Crippen LogP contribution in [0.25, 0.3) is 11.4 Å². The first-order chi connectivity index (χ1) is 9.95. The number of halogens is 3. The van der Waals surface area contributed by atoms with Gasteiger partial charge < -0.3 is 5.73 Å². The van der Waals surface area contributed by atoms with Crippen molar-refractivity contribution in [3.05, 3.63) is 47.3 Å². The second-order valence-corrected chi connectivity index (χ2v) is 5.17. The van der Waals surface area contributed by atoms with Gasteiger partial charge in [0.1, 0.15) is 0 Å². The lowest BCUT2D eigenvalue weighted by atomic mass is 9.93. The van der Waals surface area contributed by atoms with Crippen molar-refractivity contribution < 1.29 is 13.2 Å². The summed E-state index contributed by atoms with van der Waals surface area (Å²) in [6.45, 7) is 0. The van der Waals surface area contributed by atoms with Gasteiger partial charge in [0.15, 0.2) is 5.82 Å². The van der Waals surface area contributed by atoms with Crippen molar-refractivity contribution >= 4 is 0 Å². The molecule has 21 heavy (non-hydrogen) atoms. The highest BCUT2D eigenvalue weighted by molar-refractivity contribution is 5.56. The number of fused-ring (bicyclic) bond motifs is 1. The van der Waals surface area contributed by atoms with E-state index in [4.69, 9.17) is 5.73 Å². The zero-order chi connectivity index (χ0) is 15.0. The first-order valence-electron chi connectivity index (χ1n) is 6.74. The molecule has 0 amide bonds. The van der Waals surface area contributed by atoms with E-state index in [1.54, 1.807) is 6.20 Å². The number of hydrogen-bond donors (Lipinski definition) is 1. The number of aromatic nitrogens is 2. The SMILES string of the molecule is NC1CCCc2nc(-c3ccc(C(F)(F)F)cc3)ncc21. The molecule has 0 radical (unpaired) electrons. The Labute approximate surface area is 120 Å². The lowest BCUT2D eigenvalue weighted by molar-refractivity contribution is -0.137. The van der Waals surface area contributed by atoms with Crippen LogP contribution in [-0.4, -0.2) is 9.97 Å². The van der Waals surface area contributed by atoms with Crippen molar-refractivity contribution in [2.24, 2.45) is 5.73 Å². The third kappa shape index (κ3) is 2.76. The Morgan fingerprint density at radius 3 is 2.52 bits per heavy atom. The van der Waals surface area contributed by atoms with Crippen molar-refractivity contribution in [3.8, 4) is 11.4 Å². The molecule has 0 bridgehead atoms. The minimum Gasteiger partial charge on any atom is -0.324 e. The highest BCUT2D eigenvalue weighted by Crippen LogP contribution is 2.31. The molecule has 1 aliphatic rings. The van der Waals surface area contributed by atoms with E-state index in [0.29, 0.717) is 11.4 Å². The molecule has 3 rings (SSSR count). The summed E-state index contributed by atoms with van der Waals surface area (Å²) in [5.74, 6) is 0.441. The molecule has 110 valence electrons. The number of rotatable bonds is 1. The molecule has 0 saturated carbocycles. The molecule has 1 aromatic carbocycles. The van der Waals surface area contributed by atoms with E-state index < -0.39 is 11.7 Å². The first-order valence-corrected chi connectivity index (χ1v) is 6.74. The van der Waals surface area contributed by atoms with Gasteiger partial charge in [-0.25, -0.2) is 9.97 Å². The maximum Gasteiger partial charge on any atom is 0.416 e. The van der Waals surface area contributed by atoms with Gasteiger partial charge in [0.05, 0.1) is 5.56 Å². The molecule has 0 spiro atoms. The molecule has 3 nitrogen and oxygen atoms in total. The Kier molecular flexibility index (Phi) is 3.41. The molecule has 1 aromatic heterocycles. The van der Waals surface area contributed by atoms with Crippen LogP contribution in [0.2, 0.25) is 0 Å². The number of aryl methyl sites for hydroxylation is 1. The summed E-state index contributed by atoms with van der Waals surface area (Å²) >= 11 is 0. The lowest BCUT2D eigenvalue weighted by Gasteiger charge is -2.21. The van der Waals surface area contributed by atoms with Gasteiger partial charge in [0.2, 0.25) is 0 Å². The van der Waals surface area contributed by atoms with Crippen LogP contribution in [0, 0.1) is 0 Å². The lowest BCUT2D eigenvalue weighted by Crippen LogP contribution is -2.19. The number of nitrogens with zero attached hydrogens (tertiary/aromatic N) is 2. The second-order valence-electron chi connectivity index (χ2n) is 5.17. The zero-order valence-corrected chi connectivity index (χ0v) is 11.2. The van der Waals surface area contributed by atoms with E-state index in [-0.39, 0.29) is 6.04 Å². The molecule has 6 heteroatoms. The maximum atomic E-state index is 12.5. The fourth-order valence-electron chi connectivity index (χ4n) is 2.53. The highest BCUT2D eigenvalue weighted by atomic mass is 19.4. The monoisotopic (exact) mass is 293 g/mol. The zero-order valence-electron chi connectivity index (χ0n) is 11.2. The highest BCUT2D eigenvalue weighted by Gasteiger charge is 2.30. The Bertz CT molecular complexity index is 650. The largest absolute Gasteiger partial charge is 0.416 e. The number of hydrogen-bond acceptors (Lipinski definition) is 3. The first kappa shape index (κ1) is 14.0. The Morgan fingerprint density at radius 2 is 1.86 bits per heavy atom. The quantitative estimate of drug-likeness (QED) is 0.875. The summed E-state index contributed by atoms with van der Waals surface area (Å²) < 4.78 is 37.6. The molecule has 2 N–H and O–H groups in total. The molecule has 1 aliphatic carbocycles. The van der Waals surface area contributed by atoms with Crippen LogP contribution in [0.15, 0.2) is 30.5 Å². The third-order valence-corrected chi connectivity index (χ3v) is 3.70. The Morgan fingerprint density at radius 1 is 1.14 bits per heavy atom. The van der Waals surface area contributed by atoms with Gasteiger partial charge in [-0.3, -0.25) is 0 Å². The van der Waals surface area contributed by atoms with E-state index in [1.807, 2.05) is 0 Å². The van der Waals surface area contributed by atoms with Gasteiger partial charge in [-0.1, -0.05) is 12.1 Å². The fraction of sp³-hybridized carbons (Fsp3) is 0.333. The molecule has 0 saturated heterocycles. The van der Waals surface area contributed by atoms with Crippen LogP contribution >= 0.6 is 0 Å². The molecular formula is C15H14F3N3. The number of benzene rings is 1. The van der Waals surface area contributed by atoms with Gasteiger partial charge in [-0.15, -0.1) is 0 Å². The second kappa shape index (κ2) is 5.11. The van der Waals surface area contributed by atoms with Gasteiger partial charge in [-0.2, -0.15) is 13.2 Å². The average molecular weight is 293 g/mol. The Hall–Kier alpha value is -1.95. The molecule has 0 aliphatic heterocycles. The predicted octanol–water partition coefficient (Wildman–Crippen LogP) is 3.50. The molecule has 1 heterocycles. The van der Waals surface area contributed by atoms with E-state index >= 15 is 0 Å². The van der Waals surface area contributed by atoms with Crippen LogP contribution < -0.4 is 5.73 Å². The number of alkyl halides is 3. The Balaban J connectivity index is 1.94. The van der Waals surface area contributed by atoms with Gasteiger partial charge in [0, 0.05) is 29.1 Å².